The Kier molecular flexibility index (Phi) is 12.6. The highest BCUT2D eigenvalue weighted by molar-refractivity contribution is 5.94. The molecule has 0 heterocycles. The summed E-state index contributed by atoms with van der Waals surface area (Å²) in [6.07, 6.45) is -4.34. The predicted molar refractivity (Wildman–Crippen MR) is 110 cm³/mol. The molecule has 11 N–H and O–H groups in total. The molecule has 0 aromatic carbocycles. The van der Waals surface area contributed by atoms with E-state index >= 15 is 0 Å². The van der Waals surface area contributed by atoms with Gasteiger partial charge in [0.05, 0.1) is 18.2 Å². The van der Waals surface area contributed by atoms with Gasteiger partial charge in [-0.3, -0.25) is 24.0 Å². The molecule has 15 nitrogen and oxygen atoms in total. The van der Waals surface area contributed by atoms with Gasteiger partial charge in [-0.15, -0.1) is 0 Å². The first kappa shape index (κ1) is 29.7. The lowest BCUT2D eigenvalue weighted by Crippen LogP contribution is -2.61. The van der Waals surface area contributed by atoms with Crippen molar-refractivity contribution in [2.24, 2.45) is 11.5 Å². The number of aliphatic carboxylic acids is 2. The Labute approximate surface area is 188 Å². The fourth-order valence-corrected chi connectivity index (χ4v) is 2.53. The van der Waals surface area contributed by atoms with Crippen LogP contribution in [-0.4, -0.2) is 92.4 Å². The van der Waals surface area contributed by atoms with Crippen molar-refractivity contribution in [3.8, 4) is 0 Å². The van der Waals surface area contributed by atoms with Gasteiger partial charge in [-0.05, 0) is 26.7 Å². The standard InChI is InChI=1S/C18H31N5O10/c1-7(24)13(16(30)21-10(18(32)33)4-6-12(27)28)23-17(31)14(8(2)25)22-15(29)9(19)3-5-11(20)26/h7-10,13-14,24-25H,3-6,19H2,1-2H3,(H2,20,26)(H,21,30)(H,22,29)(H,23,31)(H,27,28)(H,32,33). The summed E-state index contributed by atoms with van der Waals surface area (Å²) in [5, 5.41) is 43.9. The van der Waals surface area contributed by atoms with Crippen LogP contribution in [0.5, 0.6) is 0 Å². The van der Waals surface area contributed by atoms with Gasteiger partial charge < -0.3 is 47.8 Å². The van der Waals surface area contributed by atoms with Crippen molar-refractivity contribution in [2.75, 3.05) is 0 Å². The van der Waals surface area contributed by atoms with Crippen LogP contribution in [0.15, 0.2) is 0 Å². The summed E-state index contributed by atoms with van der Waals surface area (Å²) in [6.45, 7) is 2.27. The summed E-state index contributed by atoms with van der Waals surface area (Å²) in [5.74, 6) is -6.64. The van der Waals surface area contributed by atoms with Crippen LogP contribution < -0.4 is 27.4 Å². The lowest BCUT2D eigenvalue weighted by molar-refractivity contribution is -0.144. The van der Waals surface area contributed by atoms with Crippen LogP contribution in [0.2, 0.25) is 0 Å². The van der Waals surface area contributed by atoms with Crippen LogP contribution in [-0.2, 0) is 28.8 Å². The number of hydrogen-bond acceptors (Lipinski definition) is 9. The number of carboxylic acids is 2. The Morgan fingerprint density at radius 2 is 1.21 bits per heavy atom. The molecule has 0 rings (SSSR count). The maximum Gasteiger partial charge on any atom is 0.326 e. The van der Waals surface area contributed by atoms with Gasteiger partial charge in [0.1, 0.15) is 18.1 Å². The third kappa shape index (κ3) is 11.2. The summed E-state index contributed by atoms with van der Waals surface area (Å²) >= 11 is 0. The number of rotatable bonds is 15. The van der Waals surface area contributed by atoms with Gasteiger partial charge in [0.2, 0.25) is 23.6 Å². The van der Waals surface area contributed by atoms with Crippen LogP contribution in [0.1, 0.15) is 39.5 Å². The molecule has 15 heteroatoms. The van der Waals surface area contributed by atoms with E-state index in [1.54, 1.807) is 0 Å². The van der Waals surface area contributed by atoms with Crippen molar-refractivity contribution in [3.63, 3.8) is 0 Å². The van der Waals surface area contributed by atoms with Gasteiger partial charge in [-0.1, -0.05) is 0 Å². The third-order valence-electron chi connectivity index (χ3n) is 4.43. The smallest absolute Gasteiger partial charge is 0.326 e. The molecule has 0 saturated carbocycles. The minimum absolute atomic E-state index is 0.124. The second kappa shape index (κ2) is 14.0. The van der Waals surface area contributed by atoms with E-state index in [0.717, 1.165) is 13.8 Å². The van der Waals surface area contributed by atoms with Crippen molar-refractivity contribution >= 4 is 35.6 Å². The van der Waals surface area contributed by atoms with Crippen LogP contribution in [0.4, 0.5) is 0 Å². The molecule has 0 saturated heterocycles. The topological polar surface area (TPSA) is 271 Å². The van der Waals surface area contributed by atoms with Crippen molar-refractivity contribution in [3.05, 3.63) is 0 Å². The molecule has 0 radical (unpaired) electrons. The van der Waals surface area contributed by atoms with Crippen LogP contribution in [0.3, 0.4) is 0 Å². The number of hydrogen-bond donors (Lipinski definition) is 9. The number of carbonyl (C=O) groups is 6. The minimum Gasteiger partial charge on any atom is -0.481 e. The van der Waals surface area contributed by atoms with Gasteiger partial charge in [0, 0.05) is 12.8 Å². The molecule has 0 aliphatic carbocycles. The molecule has 33 heavy (non-hydrogen) atoms. The van der Waals surface area contributed by atoms with Gasteiger partial charge >= 0.3 is 11.9 Å². The molecule has 0 bridgehead atoms. The van der Waals surface area contributed by atoms with Crippen molar-refractivity contribution in [2.45, 2.75) is 75.9 Å². The number of aliphatic hydroxyl groups excluding tert-OH is 2. The zero-order valence-corrected chi connectivity index (χ0v) is 18.2. The summed E-state index contributed by atoms with van der Waals surface area (Å²) in [6, 6.07) is -6.16. The number of nitrogens with one attached hydrogen (secondary N) is 3. The monoisotopic (exact) mass is 477 g/mol. The lowest BCUT2D eigenvalue weighted by atomic mass is 10.1. The molecule has 6 atom stereocenters. The lowest BCUT2D eigenvalue weighted by Gasteiger charge is -2.27. The first-order chi connectivity index (χ1) is 15.2. The highest BCUT2D eigenvalue weighted by atomic mass is 16.4. The van der Waals surface area contributed by atoms with E-state index in [1.165, 1.54) is 0 Å². The Hall–Kier alpha value is -3.30. The Morgan fingerprint density at radius 3 is 1.61 bits per heavy atom. The van der Waals surface area contributed by atoms with Crippen molar-refractivity contribution < 1.29 is 49.2 Å². The van der Waals surface area contributed by atoms with Gasteiger partial charge in [-0.2, -0.15) is 0 Å². The Bertz CT molecular complexity index is 742. The van der Waals surface area contributed by atoms with E-state index in [1.807, 2.05) is 5.32 Å². The molecule has 6 unspecified atom stereocenters. The Balaban J connectivity index is 5.32. The van der Waals surface area contributed by atoms with E-state index in [-0.39, 0.29) is 12.8 Å². The fourth-order valence-electron chi connectivity index (χ4n) is 2.53. The van der Waals surface area contributed by atoms with Crippen molar-refractivity contribution in [1.82, 2.24) is 16.0 Å². The largest absolute Gasteiger partial charge is 0.481 e. The van der Waals surface area contributed by atoms with Crippen molar-refractivity contribution in [1.29, 1.82) is 0 Å². The number of carbonyl (C=O) groups excluding carboxylic acids is 4. The van der Waals surface area contributed by atoms with Gasteiger partial charge in [-0.25, -0.2) is 4.79 Å². The quantitative estimate of drug-likeness (QED) is 0.109. The zero-order chi connectivity index (χ0) is 25.9. The van der Waals surface area contributed by atoms with Gasteiger partial charge in [0.15, 0.2) is 0 Å². The molecule has 0 spiro atoms. The van der Waals surface area contributed by atoms with E-state index in [9.17, 15) is 39.0 Å². The van der Waals surface area contributed by atoms with Gasteiger partial charge in [0.25, 0.3) is 0 Å². The number of nitrogens with two attached hydrogens (primary N) is 2. The number of aliphatic hydroxyl groups is 2. The molecular weight excluding hydrogens is 446 g/mol. The molecule has 0 aromatic heterocycles. The number of amides is 4. The van der Waals surface area contributed by atoms with Crippen LogP contribution >= 0.6 is 0 Å². The van der Waals surface area contributed by atoms with E-state index in [0.29, 0.717) is 0 Å². The number of carboxylic acid groups (broad SMARTS) is 2. The maximum atomic E-state index is 12.6. The highest BCUT2D eigenvalue weighted by Crippen LogP contribution is 2.04. The first-order valence-electron chi connectivity index (χ1n) is 9.93. The average Bonchev–Trinajstić information content (AvgIpc) is 2.69. The highest BCUT2D eigenvalue weighted by Gasteiger charge is 2.34. The first-order valence-corrected chi connectivity index (χ1v) is 9.93. The second-order valence-electron chi connectivity index (χ2n) is 7.40. The summed E-state index contributed by atoms with van der Waals surface area (Å²) in [7, 11) is 0. The Morgan fingerprint density at radius 1 is 0.758 bits per heavy atom. The average molecular weight is 477 g/mol. The molecule has 188 valence electrons. The molecule has 4 amide bonds. The minimum atomic E-state index is -1.70. The van der Waals surface area contributed by atoms with Crippen LogP contribution in [0.25, 0.3) is 0 Å². The summed E-state index contributed by atoms with van der Waals surface area (Å²) < 4.78 is 0. The fraction of sp³-hybridized carbons (Fsp3) is 0.667. The van der Waals surface area contributed by atoms with Crippen LogP contribution in [0, 0.1) is 0 Å². The SMILES string of the molecule is CC(O)C(NC(=O)C(N)CCC(N)=O)C(=O)NC(C(=O)NC(CCC(=O)O)C(=O)O)C(C)O. The van der Waals surface area contributed by atoms with E-state index in [2.05, 4.69) is 10.6 Å². The normalized spacial score (nSPS) is 16.3. The summed E-state index contributed by atoms with van der Waals surface area (Å²) in [4.78, 5) is 69.9. The van der Waals surface area contributed by atoms with E-state index in [4.69, 9.17) is 21.7 Å². The second-order valence-corrected chi connectivity index (χ2v) is 7.40. The third-order valence-corrected chi connectivity index (χ3v) is 4.43. The molecular formula is C18H31N5O10. The predicted octanol–water partition coefficient (Wildman–Crippen LogP) is -4.26. The molecule has 0 aliphatic heterocycles. The molecule has 0 fully saturated rings. The maximum absolute atomic E-state index is 12.6. The molecule has 0 aromatic rings. The zero-order valence-electron chi connectivity index (χ0n) is 18.2. The number of primary amides is 1. The molecule has 0 aliphatic rings. The summed E-state index contributed by atoms with van der Waals surface area (Å²) in [5.41, 5.74) is 10.6. The van der Waals surface area contributed by atoms with E-state index < -0.39 is 84.8 Å².